The van der Waals surface area contributed by atoms with E-state index in [4.69, 9.17) is 10.2 Å². The number of hydrogen-bond acceptors (Lipinski definition) is 3. The molecule has 0 atom stereocenters. The second-order valence-electron chi connectivity index (χ2n) is 4.08. The number of nitrogen functional groups attached to an aromatic ring is 1. The molecule has 3 nitrogen and oxygen atoms in total. The van der Waals surface area contributed by atoms with Crippen LogP contribution in [-0.4, -0.2) is 11.4 Å². The highest BCUT2D eigenvalue weighted by atomic mass is 16.3. The average Bonchev–Trinajstić information content (AvgIpc) is 2.84. The third-order valence-corrected chi connectivity index (χ3v) is 2.86. The summed E-state index contributed by atoms with van der Waals surface area (Å²) in [7, 11) is 0. The smallest absolute Gasteiger partial charge is 0.117 e. The third-order valence-electron chi connectivity index (χ3n) is 2.86. The van der Waals surface area contributed by atoms with Gasteiger partial charge in [0, 0.05) is 12.2 Å². The van der Waals surface area contributed by atoms with Crippen LogP contribution in [0.15, 0.2) is 47.1 Å². The molecule has 1 aromatic carbocycles. The first-order valence-corrected chi connectivity index (χ1v) is 5.87. The maximum Gasteiger partial charge on any atom is 0.117 e. The Morgan fingerprint density at radius 2 is 1.94 bits per heavy atom. The maximum absolute atomic E-state index is 5.95. The van der Waals surface area contributed by atoms with Gasteiger partial charge in [-0.1, -0.05) is 25.1 Å². The highest BCUT2D eigenvalue weighted by Gasteiger charge is 2.08. The molecular weight excluding hydrogens is 212 g/mol. The first kappa shape index (κ1) is 11.7. The Morgan fingerprint density at radius 3 is 2.59 bits per heavy atom. The standard InChI is InChI=1S/C14H18N2O/c1-2-16(11-13-7-5-9-17-13)10-12-6-3-4-8-14(12)15/h3-9H,2,10-11,15H2,1H3. The maximum atomic E-state index is 5.95. The molecule has 0 spiro atoms. The van der Waals surface area contributed by atoms with Gasteiger partial charge in [-0.05, 0) is 30.3 Å². The Morgan fingerprint density at radius 1 is 1.12 bits per heavy atom. The van der Waals surface area contributed by atoms with E-state index in [1.807, 2.05) is 30.3 Å². The average molecular weight is 230 g/mol. The number of rotatable bonds is 5. The Labute approximate surface area is 102 Å². The number of nitrogens with zero attached hydrogens (tertiary/aromatic N) is 1. The van der Waals surface area contributed by atoms with Crippen LogP contribution < -0.4 is 5.73 Å². The molecule has 3 heteroatoms. The van der Waals surface area contributed by atoms with Crippen molar-refractivity contribution in [3.05, 3.63) is 54.0 Å². The van der Waals surface area contributed by atoms with Gasteiger partial charge in [-0.2, -0.15) is 0 Å². The second kappa shape index (κ2) is 5.55. The summed E-state index contributed by atoms with van der Waals surface area (Å²) in [6.45, 7) is 4.78. The van der Waals surface area contributed by atoms with Crippen LogP contribution in [0.1, 0.15) is 18.2 Å². The summed E-state index contributed by atoms with van der Waals surface area (Å²) in [4.78, 5) is 2.30. The minimum atomic E-state index is 0.817. The SMILES string of the molecule is CCN(Cc1ccco1)Cc1ccccc1N. The molecule has 90 valence electrons. The van der Waals surface area contributed by atoms with Gasteiger partial charge in [0.05, 0.1) is 12.8 Å². The van der Waals surface area contributed by atoms with Crippen LogP contribution in [0.4, 0.5) is 5.69 Å². The second-order valence-corrected chi connectivity index (χ2v) is 4.08. The lowest BCUT2D eigenvalue weighted by Gasteiger charge is -2.20. The van der Waals surface area contributed by atoms with Gasteiger partial charge in [0.2, 0.25) is 0 Å². The van der Waals surface area contributed by atoms with E-state index in [0.29, 0.717) is 0 Å². The number of para-hydroxylation sites is 1. The van der Waals surface area contributed by atoms with E-state index in [9.17, 15) is 0 Å². The fourth-order valence-corrected chi connectivity index (χ4v) is 1.82. The van der Waals surface area contributed by atoms with Crippen LogP contribution in [0.5, 0.6) is 0 Å². The highest BCUT2D eigenvalue weighted by Crippen LogP contribution is 2.15. The molecule has 0 saturated heterocycles. The van der Waals surface area contributed by atoms with Crippen molar-refractivity contribution in [3.8, 4) is 0 Å². The molecule has 0 amide bonds. The van der Waals surface area contributed by atoms with Crippen LogP contribution in [0.2, 0.25) is 0 Å². The summed E-state index contributed by atoms with van der Waals surface area (Å²) in [5.41, 5.74) is 7.97. The molecule has 0 saturated carbocycles. The van der Waals surface area contributed by atoms with Gasteiger partial charge in [0.25, 0.3) is 0 Å². The number of anilines is 1. The van der Waals surface area contributed by atoms with Gasteiger partial charge in [-0.3, -0.25) is 4.90 Å². The van der Waals surface area contributed by atoms with Gasteiger partial charge in [-0.15, -0.1) is 0 Å². The fraction of sp³-hybridized carbons (Fsp3) is 0.286. The van der Waals surface area contributed by atoms with Gasteiger partial charge in [0.1, 0.15) is 5.76 Å². The van der Waals surface area contributed by atoms with E-state index in [1.54, 1.807) is 6.26 Å². The number of furan rings is 1. The summed E-state index contributed by atoms with van der Waals surface area (Å²) in [5.74, 6) is 0.987. The van der Waals surface area contributed by atoms with Gasteiger partial charge >= 0.3 is 0 Å². The summed E-state index contributed by atoms with van der Waals surface area (Å²) < 4.78 is 5.36. The molecule has 0 aliphatic rings. The number of nitrogens with two attached hydrogens (primary N) is 1. The molecule has 2 N–H and O–H groups in total. The lowest BCUT2D eigenvalue weighted by molar-refractivity contribution is 0.248. The summed E-state index contributed by atoms with van der Waals surface area (Å²) in [6, 6.07) is 11.9. The quantitative estimate of drug-likeness (QED) is 0.803. The Kier molecular flexibility index (Phi) is 3.83. The van der Waals surface area contributed by atoms with Crippen LogP contribution >= 0.6 is 0 Å². The van der Waals surface area contributed by atoms with Crippen molar-refractivity contribution in [1.82, 2.24) is 4.90 Å². The molecular formula is C14H18N2O. The van der Waals surface area contributed by atoms with E-state index in [2.05, 4.69) is 17.9 Å². The summed E-state index contributed by atoms with van der Waals surface area (Å²) >= 11 is 0. The van der Waals surface area contributed by atoms with Crippen molar-refractivity contribution in [3.63, 3.8) is 0 Å². The zero-order valence-electron chi connectivity index (χ0n) is 10.1. The molecule has 0 aliphatic heterocycles. The van der Waals surface area contributed by atoms with Crippen molar-refractivity contribution in [1.29, 1.82) is 0 Å². The molecule has 0 aliphatic carbocycles. The van der Waals surface area contributed by atoms with Crippen LogP contribution in [0.25, 0.3) is 0 Å². The Bertz CT molecular complexity index is 451. The van der Waals surface area contributed by atoms with E-state index in [1.165, 1.54) is 5.56 Å². The minimum Gasteiger partial charge on any atom is -0.468 e. The zero-order chi connectivity index (χ0) is 12.1. The van der Waals surface area contributed by atoms with Crippen molar-refractivity contribution >= 4 is 5.69 Å². The van der Waals surface area contributed by atoms with Crippen molar-refractivity contribution in [2.75, 3.05) is 12.3 Å². The molecule has 17 heavy (non-hydrogen) atoms. The van der Waals surface area contributed by atoms with E-state index >= 15 is 0 Å². The van der Waals surface area contributed by atoms with Gasteiger partial charge in [0.15, 0.2) is 0 Å². The van der Waals surface area contributed by atoms with E-state index < -0.39 is 0 Å². The Hall–Kier alpha value is -1.74. The summed E-state index contributed by atoms with van der Waals surface area (Å²) in [6.07, 6.45) is 1.71. The van der Waals surface area contributed by atoms with Gasteiger partial charge in [-0.25, -0.2) is 0 Å². The normalized spacial score (nSPS) is 10.9. The highest BCUT2D eigenvalue weighted by molar-refractivity contribution is 5.46. The molecule has 1 aromatic heterocycles. The summed E-state index contributed by atoms with van der Waals surface area (Å²) in [5, 5.41) is 0. The van der Waals surface area contributed by atoms with Crippen LogP contribution in [0.3, 0.4) is 0 Å². The van der Waals surface area contributed by atoms with E-state index in [0.717, 1.165) is 31.1 Å². The van der Waals surface area contributed by atoms with Crippen LogP contribution in [-0.2, 0) is 13.1 Å². The number of benzene rings is 1. The first-order chi connectivity index (χ1) is 8.29. The first-order valence-electron chi connectivity index (χ1n) is 5.87. The molecule has 1 heterocycles. The van der Waals surface area contributed by atoms with Crippen LogP contribution in [0, 0.1) is 0 Å². The molecule has 0 bridgehead atoms. The lowest BCUT2D eigenvalue weighted by Crippen LogP contribution is -2.22. The largest absolute Gasteiger partial charge is 0.468 e. The predicted octanol–water partition coefficient (Wildman–Crippen LogP) is 2.88. The van der Waals surface area contributed by atoms with E-state index in [-0.39, 0.29) is 0 Å². The topological polar surface area (TPSA) is 42.4 Å². The fourth-order valence-electron chi connectivity index (χ4n) is 1.82. The molecule has 0 unspecified atom stereocenters. The zero-order valence-corrected chi connectivity index (χ0v) is 10.1. The third kappa shape index (κ3) is 3.11. The van der Waals surface area contributed by atoms with Gasteiger partial charge < -0.3 is 10.2 Å². The monoisotopic (exact) mass is 230 g/mol. The Balaban J connectivity index is 2.03. The number of hydrogen-bond donors (Lipinski definition) is 1. The van der Waals surface area contributed by atoms with Crippen molar-refractivity contribution in [2.24, 2.45) is 0 Å². The lowest BCUT2D eigenvalue weighted by atomic mass is 10.1. The predicted molar refractivity (Wildman–Crippen MR) is 69.4 cm³/mol. The minimum absolute atomic E-state index is 0.817. The van der Waals surface area contributed by atoms with Crippen molar-refractivity contribution in [2.45, 2.75) is 20.0 Å². The molecule has 2 rings (SSSR count). The molecule has 0 radical (unpaired) electrons. The van der Waals surface area contributed by atoms with Crippen molar-refractivity contribution < 1.29 is 4.42 Å². The molecule has 2 aromatic rings. The molecule has 0 fully saturated rings.